The molecule has 2 saturated heterocycles. The van der Waals surface area contributed by atoms with Crippen LogP contribution in [0.2, 0.25) is 0 Å². The summed E-state index contributed by atoms with van der Waals surface area (Å²) in [4.78, 5) is 29.7. The molecule has 2 aliphatic heterocycles. The highest BCUT2D eigenvalue weighted by atomic mass is 16.2. The Bertz CT molecular complexity index is 754. The van der Waals surface area contributed by atoms with E-state index in [1.54, 1.807) is 6.33 Å². The molecule has 0 aliphatic carbocycles. The molecular formula is C21H27N5O. The molecule has 0 radical (unpaired) electrons. The van der Waals surface area contributed by atoms with Gasteiger partial charge in [0.25, 0.3) is 0 Å². The Morgan fingerprint density at radius 3 is 2.81 bits per heavy atom. The Hall–Kier alpha value is -2.34. The van der Waals surface area contributed by atoms with Crippen molar-refractivity contribution < 1.29 is 4.79 Å². The van der Waals surface area contributed by atoms with E-state index < -0.39 is 0 Å². The lowest BCUT2D eigenvalue weighted by Crippen LogP contribution is -2.54. The van der Waals surface area contributed by atoms with Gasteiger partial charge in [-0.25, -0.2) is 9.97 Å². The molecule has 0 aromatic carbocycles. The molecule has 0 saturated carbocycles. The van der Waals surface area contributed by atoms with Crippen LogP contribution in [0.1, 0.15) is 36.9 Å². The van der Waals surface area contributed by atoms with Crippen LogP contribution in [0.4, 0.5) is 0 Å². The van der Waals surface area contributed by atoms with E-state index in [9.17, 15) is 4.79 Å². The Labute approximate surface area is 160 Å². The summed E-state index contributed by atoms with van der Waals surface area (Å²) >= 11 is 0. The van der Waals surface area contributed by atoms with Crippen molar-refractivity contribution in [3.8, 4) is 0 Å². The Balaban J connectivity index is 1.38. The van der Waals surface area contributed by atoms with Crippen molar-refractivity contribution in [2.45, 2.75) is 38.6 Å². The molecule has 0 bridgehead atoms. The van der Waals surface area contributed by atoms with E-state index in [1.165, 1.54) is 12.8 Å². The number of rotatable bonds is 5. The van der Waals surface area contributed by atoms with Gasteiger partial charge in [0.2, 0.25) is 5.91 Å². The van der Waals surface area contributed by atoms with E-state index >= 15 is 0 Å². The maximum absolute atomic E-state index is 12.5. The minimum atomic E-state index is 0.228. The fourth-order valence-corrected chi connectivity index (χ4v) is 4.55. The van der Waals surface area contributed by atoms with Crippen molar-refractivity contribution >= 4 is 5.91 Å². The van der Waals surface area contributed by atoms with Gasteiger partial charge in [-0.3, -0.25) is 14.7 Å². The molecule has 2 aromatic rings. The number of aromatic nitrogens is 3. The van der Waals surface area contributed by atoms with Crippen molar-refractivity contribution in [1.29, 1.82) is 0 Å². The first kappa shape index (κ1) is 18.0. The quantitative estimate of drug-likeness (QED) is 0.814. The van der Waals surface area contributed by atoms with Crippen molar-refractivity contribution in [3.63, 3.8) is 0 Å². The summed E-state index contributed by atoms with van der Waals surface area (Å²) in [6.45, 7) is 4.70. The van der Waals surface area contributed by atoms with E-state index in [2.05, 4.69) is 24.8 Å². The number of carbonyl (C=O) groups is 1. The van der Waals surface area contributed by atoms with Gasteiger partial charge in [-0.1, -0.05) is 6.07 Å². The molecule has 2 aromatic heterocycles. The lowest BCUT2D eigenvalue weighted by molar-refractivity contribution is -0.139. The molecule has 1 unspecified atom stereocenters. The summed E-state index contributed by atoms with van der Waals surface area (Å²) in [6.07, 6.45) is 12.1. The summed E-state index contributed by atoms with van der Waals surface area (Å²) in [5, 5.41) is 0. The third-order valence-electron chi connectivity index (χ3n) is 5.87. The molecule has 1 amide bonds. The summed E-state index contributed by atoms with van der Waals surface area (Å²) in [6, 6.07) is 5.97. The van der Waals surface area contributed by atoms with Gasteiger partial charge in [0.15, 0.2) is 0 Å². The fraction of sp³-hybridized carbons (Fsp3) is 0.524. The molecule has 6 heteroatoms. The van der Waals surface area contributed by atoms with E-state index in [4.69, 9.17) is 0 Å². The predicted octanol–water partition coefficient (Wildman–Crippen LogP) is 2.32. The molecule has 1 spiro atoms. The molecule has 142 valence electrons. The van der Waals surface area contributed by atoms with Gasteiger partial charge >= 0.3 is 0 Å². The smallest absolute Gasteiger partial charge is 0.222 e. The average Bonchev–Trinajstić information content (AvgIpc) is 2.71. The Morgan fingerprint density at radius 2 is 2.00 bits per heavy atom. The van der Waals surface area contributed by atoms with E-state index in [1.807, 2.05) is 36.8 Å². The molecule has 0 N–H and O–H groups in total. The van der Waals surface area contributed by atoms with Crippen LogP contribution in [0.15, 0.2) is 43.1 Å². The highest BCUT2D eigenvalue weighted by molar-refractivity contribution is 5.77. The van der Waals surface area contributed by atoms with Crippen LogP contribution in [-0.4, -0.2) is 56.8 Å². The topological polar surface area (TPSA) is 62.2 Å². The van der Waals surface area contributed by atoms with Crippen molar-refractivity contribution in [3.05, 3.63) is 54.4 Å². The lowest BCUT2D eigenvalue weighted by Gasteiger charge is -2.48. The second-order valence-electron chi connectivity index (χ2n) is 7.95. The monoisotopic (exact) mass is 365 g/mol. The lowest BCUT2D eigenvalue weighted by atomic mass is 9.73. The number of amides is 1. The van der Waals surface area contributed by atoms with Crippen LogP contribution in [0.3, 0.4) is 0 Å². The Morgan fingerprint density at radius 1 is 1.11 bits per heavy atom. The molecule has 27 heavy (non-hydrogen) atoms. The first-order valence-corrected chi connectivity index (χ1v) is 9.86. The zero-order valence-corrected chi connectivity index (χ0v) is 15.8. The van der Waals surface area contributed by atoms with Crippen LogP contribution in [0.25, 0.3) is 0 Å². The van der Waals surface area contributed by atoms with Crippen LogP contribution in [0, 0.1) is 5.41 Å². The maximum atomic E-state index is 12.5. The highest BCUT2D eigenvalue weighted by Gasteiger charge is 2.41. The number of hydrogen-bond donors (Lipinski definition) is 0. The third kappa shape index (κ3) is 4.50. The number of nitrogens with zero attached hydrogens (tertiary/aromatic N) is 5. The summed E-state index contributed by atoms with van der Waals surface area (Å²) < 4.78 is 0. The summed E-state index contributed by atoms with van der Waals surface area (Å²) in [5.74, 6) is 0.296. The minimum Gasteiger partial charge on any atom is -0.342 e. The minimum absolute atomic E-state index is 0.228. The molecule has 4 rings (SSSR count). The van der Waals surface area contributed by atoms with Gasteiger partial charge in [0.05, 0.1) is 0 Å². The molecule has 4 heterocycles. The summed E-state index contributed by atoms with van der Waals surface area (Å²) in [5.41, 5.74) is 2.44. The van der Waals surface area contributed by atoms with Gasteiger partial charge in [0, 0.05) is 74.3 Å². The zero-order valence-electron chi connectivity index (χ0n) is 15.8. The van der Waals surface area contributed by atoms with Gasteiger partial charge in [0.1, 0.15) is 6.33 Å². The SMILES string of the molecule is O=C1CCC2(CCCN(Cc3cncnc3)C2)CN1CCc1ccccn1. The normalized spacial score (nSPS) is 23.7. The number of hydrogen-bond acceptors (Lipinski definition) is 5. The van der Waals surface area contributed by atoms with E-state index in [0.29, 0.717) is 12.3 Å². The number of pyridine rings is 1. The van der Waals surface area contributed by atoms with Crippen molar-refractivity contribution in [1.82, 2.24) is 24.8 Å². The number of likely N-dealkylation sites (tertiary alicyclic amines) is 2. The van der Waals surface area contributed by atoms with Crippen molar-refractivity contribution in [2.24, 2.45) is 5.41 Å². The van der Waals surface area contributed by atoms with Crippen LogP contribution in [-0.2, 0) is 17.8 Å². The van der Waals surface area contributed by atoms with E-state index in [-0.39, 0.29) is 5.41 Å². The highest BCUT2D eigenvalue weighted by Crippen LogP contribution is 2.39. The molecule has 2 aliphatic rings. The number of carbonyl (C=O) groups excluding carboxylic acids is 1. The Kier molecular flexibility index (Phi) is 5.43. The average molecular weight is 365 g/mol. The van der Waals surface area contributed by atoms with Crippen LogP contribution >= 0.6 is 0 Å². The van der Waals surface area contributed by atoms with Gasteiger partial charge < -0.3 is 4.90 Å². The number of piperidine rings is 2. The summed E-state index contributed by atoms with van der Waals surface area (Å²) in [7, 11) is 0. The third-order valence-corrected chi connectivity index (χ3v) is 5.87. The molecular weight excluding hydrogens is 338 g/mol. The van der Waals surface area contributed by atoms with Crippen LogP contribution in [0.5, 0.6) is 0 Å². The van der Waals surface area contributed by atoms with Crippen molar-refractivity contribution in [2.75, 3.05) is 26.2 Å². The second-order valence-corrected chi connectivity index (χ2v) is 7.95. The van der Waals surface area contributed by atoms with E-state index in [0.717, 1.165) is 56.8 Å². The first-order chi connectivity index (χ1) is 13.2. The standard InChI is InChI=1S/C21H27N5O/c27-20-5-8-21(16-26(20)11-6-19-4-1-2-9-24-19)7-3-10-25(15-21)14-18-12-22-17-23-13-18/h1-2,4,9,12-13,17H,3,5-8,10-11,14-16H2. The van der Waals surface area contributed by atoms with Gasteiger partial charge in [-0.15, -0.1) is 0 Å². The van der Waals surface area contributed by atoms with Gasteiger partial charge in [-0.2, -0.15) is 0 Å². The maximum Gasteiger partial charge on any atom is 0.222 e. The molecule has 6 nitrogen and oxygen atoms in total. The largest absolute Gasteiger partial charge is 0.342 e. The van der Waals surface area contributed by atoms with Crippen LogP contribution < -0.4 is 0 Å². The predicted molar refractivity (Wildman–Crippen MR) is 103 cm³/mol. The van der Waals surface area contributed by atoms with Gasteiger partial charge in [-0.05, 0) is 37.9 Å². The molecule has 1 atom stereocenters. The zero-order chi connectivity index (χ0) is 18.5. The molecule has 2 fully saturated rings. The fourth-order valence-electron chi connectivity index (χ4n) is 4.55. The second kappa shape index (κ2) is 8.13. The first-order valence-electron chi connectivity index (χ1n) is 9.86.